The van der Waals surface area contributed by atoms with Crippen LogP contribution in [-0.4, -0.2) is 14.8 Å². The highest BCUT2D eigenvalue weighted by Crippen LogP contribution is 2.24. The van der Waals surface area contributed by atoms with Crippen LogP contribution in [0.3, 0.4) is 0 Å². The predicted octanol–water partition coefficient (Wildman–Crippen LogP) is 3.60. The minimum absolute atomic E-state index is 0.369. The Bertz CT molecular complexity index is 503. The van der Waals surface area contributed by atoms with E-state index in [1.807, 2.05) is 6.07 Å². The summed E-state index contributed by atoms with van der Waals surface area (Å²) in [5.41, 5.74) is 2.31. The van der Waals surface area contributed by atoms with Crippen LogP contribution in [0.25, 0.3) is 11.4 Å². The molecule has 1 aromatic carbocycles. The maximum absolute atomic E-state index is 4.18. The van der Waals surface area contributed by atoms with Crippen molar-refractivity contribution in [1.82, 2.24) is 14.8 Å². The third-order valence-corrected chi connectivity index (χ3v) is 3.44. The number of aryl methyl sites for hydroxylation is 1. The van der Waals surface area contributed by atoms with Crippen molar-refractivity contribution in [3.8, 4) is 11.4 Å². The SMILES string of the molecule is Cc1cc(-c2nncn2C(C)C)ccc1Br. The molecule has 0 aliphatic heterocycles. The highest BCUT2D eigenvalue weighted by molar-refractivity contribution is 9.10. The molecule has 0 aliphatic rings. The Morgan fingerprint density at radius 3 is 2.69 bits per heavy atom. The van der Waals surface area contributed by atoms with Crippen LogP contribution < -0.4 is 0 Å². The van der Waals surface area contributed by atoms with E-state index in [1.54, 1.807) is 6.33 Å². The predicted molar refractivity (Wildman–Crippen MR) is 68.3 cm³/mol. The summed E-state index contributed by atoms with van der Waals surface area (Å²) in [5, 5.41) is 8.15. The van der Waals surface area contributed by atoms with E-state index < -0.39 is 0 Å². The van der Waals surface area contributed by atoms with Gasteiger partial charge in [-0.1, -0.05) is 22.0 Å². The van der Waals surface area contributed by atoms with Crippen molar-refractivity contribution >= 4 is 15.9 Å². The van der Waals surface area contributed by atoms with E-state index in [-0.39, 0.29) is 0 Å². The minimum atomic E-state index is 0.369. The number of rotatable bonds is 2. The highest BCUT2D eigenvalue weighted by atomic mass is 79.9. The first-order chi connectivity index (χ1) is 7.59. The average molecular weight is 280 g/mol. The van der Waals surface area contributed by atoms with Gasteiger partial charge in [0.1, 0.15) is 6.33 Å². The van der Waals surface area contributed by atoms with Crippen LogP contribution >= 0.6 is 15.9 Å². The summed E-state index contributed by atoms with van der Waals surface area (Å²) < 4.78 is 3.19. The van der Waals surface area contributed by atoms with Crippen LogP contribution in [-0.2, 0) is 0 Å². The molecule has 0 unspecified atom stereocenters. The second-order valence-corrected chi connectivity index (χ2v) is 4.97. The lowest BCUT2D eigenvalue weighted by atomic mass is 10.1. The van der Waals surface area contributed by atoms with Gasteiger partial charge in [0.25, 0.3) is 0 Å². The number of halogens is 1. The molecular weight excluding hydrogens is 266 g/mol. The number of hydrogen-bond donors (Lipinski definition) is 0. The molecule has 0 saturated carbocycles. The molecule has 4 heteroatoms. The Labute approximate surface area is 104 Å². The third kappa shape index (κ3) is 2.02. The van der Waals surface area contributed by atoms with E-state index in [9.17, 15) is 0 Å². The molecule has 16 heavy (non-hydrogen) atoms. The van der Waals surface area contributed by atoms with Gasteiger partial charge in [0.15, 0.2) is 5.82 Å². The summed E-state index contributed by atoms with van der Waals surface area (Å²) in [5.74, 6) is 0.922. The van der Waals surface area contributed by atoms with Crippen molar-refractivity contribution in [3.63, 3.8) is 0 Å². The number of aromatic nitrogens is 3. The highest BCUT2D eigenvalue weighted by Gasteiger charge is 2.10. The minimum Gasteiger partial charge on any atom is -0.311 e. The van der Waals surface area contributed by atoms with E-state index in [1.165, 1.54) is 5.56 Å². The first-order valence-electron chi connectivity index (χ1n) is 5.25. The molecule has 0 saturated heterocycles. The van der Waals surface area contributed by atoms with Crippen LogP contribution in [0.5, 0.6) is 0 Å². The van der Waals surface area contributed by atoms with Crippen LogP contribution in [0.15, 0.2) is 29.0 Å². The fourth-order valence-electron chi connectivity index (χ4n) is 1.61. The smallest absolute Gasteiger partial charge is 0.163 e. The summed E-state index contributed by atoms with van der Waals surface area (Å²) in [4.78, 5) is 0. The standard InChI is InChI=1S/C12H14BrN3/c1-8(2)16-7-14-15-12(16)10-4-5-11(13)9(3)6-10/h4-8H,1-3H3. The molecule has 0 atom stereocenters. The van der Waals surface area contributed by atoms with Crippen LogP contribution in [0.2, 0.25) is 0 Å². The van der Waals surface area contributed by atoms with Gasteiger partial charge in [0, 0.05) is 16.1 Å². The lowest BCUT2D eigenvalue weighted by Crippen LogP contribution is -2.01. The van der Waals surface area contributed by atoms with Crippen molar-refractivity contribution in [2.75, 3.05) is 0 Å². The van der Waals surface area contributed by atoms with Gasteiger partial charge in [0.2, 0.25) is 0 Å². The van der Waals surface area contributed by atoms with E-state index in [4.69, 9.17) is 0 Å². The zero-order valence-electron chi connectivity index (χ0n) is 9.61. The van der Waals surface area contributed by atoms with E-state index in [0.29, 0.717) is 6.04 Å². The summed E-state index contributed by atoms with van der Waals surface area (Å²) >= 11 is 3.50. The van der Waals surface area contributed by atoms with E-state index in [0.717, 1.165) is 15.9 Å². The largest absolute Gasteiger partial charge is 0.311 e. The Hall–Kier alpha value is -1.16. The van der Waals surface area contributed by atoms with Gasteiger partial charge in [-0.05, 0) is 38.5 Å². The zero-order chi connectivity index (χ0) is 11.7. The van der Waals surface area contributed by atoms with Gasteiger partial charge in [-0.15, -0.1) is 10.2 Å². The molecule has 0 amide bonds. The van der Waals surface area contributed by atoms with Crippen molar-refractivity contribution < 1.29 is 0 Å². The van der Waals surface area contributed by atoms with Crippen molar-refractivity contribution in [1.29, 1.82) is 0 Å². The molecule has 3 nitrogen and oxygen atoms in total. The topological polar surface area (TPSA) is 30.7 Å². The van der Waals surface area contributed by atoms with Crippen molar-refractivity contribution in [2.45, 2.75) is 26.8 Å². The molecule has 0 radical (unpaired) electrons. The van der Waals surface area contributed by atoms with E-state index >= 15 is 0 Å². The Morgan fingerprint density at radius 1 is 1.31 bits per heavy atom. The molecule has 2 aromatic rings. The lowest BCUT2D eigenvalue weighted by Gasteiger charge is -2.10. The Balaban J connectivity index is 2.50. The molecule has 0 fully saturated rings. The normalized spacial score (nSPS) is 11.1. The van der Waals surface area contributed by atoms with Crippen LogP contribution in [0.4, 0.5) is 0 Å². The maximum Gasteiger partial charge on any atom is 0.163 e. The first-order valence-corrected chi connectivity index (χ1v) is 6.05. The van der Waals surface area contributed by atoms with Gasteiger partial charge in [-0.25, -0.2) is 0 Å². The monoisotopic (exact) mass is 279 g/mol. The van der Waals surface area contributed by atoms with Gasteiger partial charge in [0.05, 0.1) is 0 Å². The number of benzene rings is 1. The van der Waals surface area contributed by atoms with Crippen molar-refractivity contribution in [2.24, 2.45) is 0 Å². The molecule has 1 heterocycles. The van der Waals surface area contributed by atoms with Crippen LogP contribution in [0, 0.1) is 6.92 Å². The van der Waals surface area contributed by atoms with Gasteiger partial charge >= 0.3 is 0 Å². The third-order valence-electron chi connectivity index (χ3n) is 2.55. The maximum atomic E-state index is 4.18. The first kappa shape index (κ1) is 11.3. The summed E-state index contributed by atoms with van der Waals surface area (Å²) in [6, 6.07) is 6.59. The lowest BCUT2D eigenvalue weighted by molar-refractivity contribution is 0.604. The molecule has 0 aliphatic carbocycles. The van der Waals surface area contributed by atoms with E-state index in [2.05, 4.69) is 63.6 Å². The van der Waals surface area contributed by atoms with Gasteiger partial charge in [-0.2, -0.15) is 0 Å². The summed E-state index contributed by atoms with van der Waals surface area (Å²) in [6.07, 6.45) is 1.78. The number of hydrogen-bond acceptors (Lipinski definition) is 2. The van der Waals surface area contributed by atoms with Gasteiger partial charge in [-0.3, -0.25) is 0 Å². The number of nitrogens with zero attached hydrogens (tertiary/aromatic N) is 3. The average Bonchev–Trinajstić information content (AvgIpc) is 2.71. The fraction of sp³-hybridized carbons (Fsp3) is 0.333. The Morgan fingerprint density at radius 2 is 2.06 bits per heavy atom. The second kappa shape index (κ2) is 4.37. The molecule has 2 rings (SSSR count). The molecule has 84 valence electrons. The zero-order valence-corrected chi connectivity index (χ0v) is 11.2. The van der Waals surface area contributed by atoms with Gasteiger partial charge < -0.3 is 4.57 Å². The van der Waals surface area contributed by atoms with Crippen molar-refractivity contribution in [3.05, 3.63) is 34.6 Å². The van der Waals surface area contributed by atoms with Crippen LogP contribution in [0.1, 0.15) is 25.5 Å². The molecule has 0 N–H and O–H groups in total. The fourth-order valence-corrected chi connectivity index (χ4v) is 1.86. The quantitative estimate of drug-likeness (QED) is 0.841. The Kier molecular flexibility index (Phi) is 3.10. The molecular formula is C12H14BrN3. The second-order valence-electron chi connectivity index (χ2n) is 4.12. The summed E-state index contributed by atoms with van der Waals surface area (Å²) in [7, 11) is 0. The summed E-state index contributed by atoms with van der Waals surface area (Å²) in [6.45, 7) is 6.32. The molecule has 1 aromatic heterocycles. The molecule has 0 bridgehead atoms. The molecule has 0 spiro atoms.